The molecule has 1 fully saturated rings. The van der Waals surface area contributed by atoms with Gasteiger partial charge in [0.25, 0.3) is 0 Å². The third-order valence-corrected chi connectivity index (χ3v) is 4.46. The highest BCUT2D eigenvalue weighted by Gasteiger charge is 2.29. The zero-order chi connectivity index (χ0) is 12.8. The average molecular weight is 254 g/mol. The second-order valence-corrected chi connectivity index (χ2v) is 5.42. The zero-order valence-electron chi connectivity index (χ0n) is 11.1. The van der Waals surface area contributed by atoms with Gasteiger partial charge in [-0.05, 0) is 30.7 Å². The van der Waals surface area contributed by atoms with Crippen molar-refractivity contribution in [1.29, 1.82) is 0 Å². The lowest BCUT2D eigenvalue weighted by atomic mass is 9.91. The van der Waals surface area contributed by atoms with Crippen LogP contribution in [-0.2, 0) is 0 Å². The molecule has 0 amide bonds. The molecule has 1 aliphatic rings. The second-order valence-electron chi connectivity index (χ2n) is 5.42. The van der Waals surface area contributed by atoms with E-state index in [0.717, 1.165) is 18.7 Å². The number of nitrogens with one attached hydrogen (secondary N) is 2. The molecule has 3 aromatic rings. The SMILES string of the molecule is CC[C@@H]1CNCC1c1cnc2ccc3[nH]ccc3n12. The van der Waals surface area contributed by atoms with Gasteiger partial charge in [-0.2, -0.15) is 0 Å². The van der Waals surface area contributed by atoms with E-state index < -0.39 is 0 Å². The molecule has 3 aromatic heterocycles. The number of H-pyrrole nitrogens is 1. The number of nitrogens with zero attached hydrogens (tertiary/aromatic N) is 2. The van der Waals surface area contributed by atoms with Crippen molar-refractivity contribution in [2.24, 2.45) is 5.92 Å². The summed E-state index contributed by atoms with van der Waals surface area (Å²) in [5.41, 5.74) is 4.79. The van der Waals surface area contributed by atoms with Crippen LogP contribution in [0.4, 0.5) is 0 Å². The van der Waals surface area contributed by atoms with Crippen LogP contribution in [0.5, 0.6) is 0 Å². The first-order valence-electron chi connectivity index (χ1n) is 7.02. The van der Waals surface area contributed by atoms with Crippen molar-refractivity contribution in [1.82, 2.24) is 19.7 Å². The van der Waals surface area contributed by atoms with Crippen LogP contribution in [-0.4, -0.2) is 27.5 Å². The minimum absolute atomic E-state index is 0.570. The quantitative estimate of drug-likeness (QED) is 0.738. The average Bonchev–Trinajstić information content (AvgIpc) is 3.15. The third kappa shape index (κ3) is 1.53. The molecule has 1 saturated heterocycles. The molecule has 98 valence electrons. The Morgan fingerprint density at radius 1 is 1.32 bits per heavy atom. The molecular formula is C15H18N4. The van der Waals surface area contributed by atoms with E-state index in [2.05, 4.69) is 51.0 Å². The van der Waals surface area contributed by atoms with Crippen molar-refractivity contribution in [3.05, 3.63) is 36.3 Å². The Morgan fingerprint density at radius 3 is 3.16 bits per heavy atom. The Labute approximate surface area is 111 Å². The third-order valence-electron chi connectivity index (χ3n) is 4.46. The standard InChI is InChI=1S/C15H18N4/c1-2-10-7-16-8-11(10)14-9-18-15-4-3-12-13(19(14)15)5-6-17-12/h3-6,9-11,16-17H,2,7-8H2,1H3/t10-,11?/m1/s1. The summed E-state index contributed by atoms with van der Waals surface area (Å²) in [6.07, 6.45) is 5.27. The Hall–Kier alpha value is -1.81. The van der Waals surface area contributed by atoms with Gasteiger partial charge in [-0.1, -0.05) is 13.3 Å². The maximum Gasteiger partial charge on any atom is 0.137 e. The number of pyridine rings is 1. The molecule has 4 rings (SSSR count). The van der Waals surface area contributed by atoms with E-state index in [4.69, 9.17) is 0 Å². The van der Waals surface area contributed by atoms with Crippen LogP contribution in [0.15, 0.2) is 30.6 Å². The first kappa shape index (κ1) is 11.1. The molecule has 4 nitrogen and oxygen atoms in total. The molecule has 4 heteroatoms. The molecule has 0 bridgehead atoms. The van der Waals surface area contributed by atoms with Crippen molar-refractivity contribution in [2.75, 3.05) is 13.1 Å². The second kappa shape index (κ2) is 4.10. The maximum atomic E-state index is 4.58. The minimum Gasteiger partial charge on any atom is -0.360 e. The van der Waals surface area contributed by atoms with E-state index in [0.29, 0.717) is 11.8 Å². The van der Waals surface area contributed by atoms with Crippen LogP contribution in [0.3, 0.4) is 0 Å². The van der Waals surface area contributed by atoms with Gasteiger partial charge in [0.15, 0.2) is 0 Å². The number of hydrogen-bond donors (Lipinski definition) is 2. The molecule has 19 heavy (non-hydrogen) atoms. The Bertz CT molecular complexity index is 724. The summed E-state index contributed by atoms with van der Waals surface area (Å²) < 4.78 is 2.31. The van der Waals surface area contributed by atoms with Crippen molar-refractivity contribution in [3.63, 3.8) is 0 Å². The molecule has 2 N–H and O–H groups in total. The van der Waals surface area contributed by atoms with E-state index in [9.17, 15) is 0 Å². The van der Waals surface area contributed by atoms with Gasteiger partial charge in [0, 0.05) is 30.6 Å². The predicted molar refractivity (Wildman–Crippen MR) is 76.4 cm³/mol. The van der Waals surface area contributed by atoms with E-state index in [1.807, 2.05) is 6.20 Å². The van der Waals surface area contributed by atoms with E-state index >= 15 is 0 Å². The number of rotatable bonds is 2. The van der Waals surface area contributed by atoms with Crippen molar-refractivity contribution >= 4 is 16.7 Å². The zero-order valence-corrected chi connectivity index (χ0v) is 11.1. The monoisotopic (exact) mass is 254 g/mol. The molecule has 0 aliphatic carbocycles. The normalized spacial score (nSPS) is 23.6. The Balaban J connectivity index is 1.96. The van der Waals surface area contributed by atoms with E-state index in [-0.39, 0.29) is 0 Å². The molecule has 4 heterocycles. The maximum absolute atomic E-state index is 4.58. The first-order valence-corrected chi connectivity index (χ1v) is 7.02. The Kier molecular flexibility index (Phi) is 2.38. The molecule has 1 unspecified atom stereocenters. The lowest BCUT2D eigenvalue weighted by Gasteiger charge is -2.16. The Morgan fingerprint density at radius 2 is 2.26 bits per heavy atom. The summed E-state index contributed by atoms with van der Waals surface area (Å²) in [6.45, 7) is 4.46. The van der Waals surface area contributed by atoms with Crippen LogP contribution >= 0.6 is 0 Å². The summed E-state index contributed by atoms with van der Waals surface area (Å²) in [5, 5.41) is 3.52. The highest BCUT2D eigenvalue weighted by Crippen LogP contribution is 2.32. The number of aromatic amines is 1. The van der Waals surface area contributed by atoms with Gasteiger partial charge >= 0.3 is 0 Å². The van der Waals surface area contributed by atoms with Crippen molar-refractivity contribution in [3.8, 4) is 0 Å². The first-order chi connectivity index (χ1) is 9.38. The van der Waals surface area contributed by atoms with Gasteiger partial charge in [0.05, 0.1) is 11.0 Å². The lowest BCUT2D eigenvalue weighted by Crippen LogP contribution is -2.12. The summed E-state index contributed by atoms with van der Waals surface area (Å²) in [7, 11) is 0. The molecule has 1 aliphatic heterocycles. The van der Waals surface area contributed by atoms with Crippen LogP contribution in [0.1, 0.15) is 25.0 Å². The molecule has 0 spiro atoms. The van der Waals surface area contributed by atoms with Gasteiger partial charge in [-0.3, -0.25) is 4.40 Å². The summed E-state index contributed by atoms with van der Waals surface area (Å²) in [6, 6.07) is 6.33. The molecule has 0 aromatic carbocycles. The van der Waals surface area contributed by atoms with E-state index in [1.54, 1.807) is 0 Å². The topological polar surface area (TPSA) is 45.1 Å². The minimum atomic E-state index is 0.570. The lowest BCUT2D eigenvalue weighted by molar-refractivity contribution is 0.493. The van der Waals surface area contributed by atoms with Crippen molar-refractivity contribution < 1.29 is 0 Å². The molecule has 0 saturated carbocycles. The largest absolute Gasteiger partial charge is 0.360 e. The van der Waals surface area contributed by atoms with Crippen LogP contribution in [0.2, 0.25) is 0 Å². The highest BCUT2D eigenvalue weighted by molar-refractivity contribution is 5.79. The summed E-state index contributed by atoms with van der Waals surface area (Å²) in [4.78, 5) is 7.86. The molecular weight excluding hydrogens is 236 g/mol. The number of aromatic nitrogens is 3. The van der Waals surface area contributed by atoms with Gasteiger partial charge in [0.2, 0.25) is 0 Å². The molecule has 2 atom stereocenters. The van der Waals surface area contributed by atoms with Gasteiger partial charge in [-0.15, -0.1) is 0 Å². The number of fused-ring (bicyclic) bond motifs is 3. The van der Waals surface area contributed by atoms with Crippen LogP contribution in [0, 0.1) is 5.92 Å². The van der Waals surface area contributed by atoms with Gasteiger partial charge in [0.1, 0.15) is 5.65 Å². The smallest absolute Gasteiger partial charge is 0.137 e. The summed E-state index contributed by atoms with van der Waals surface area (Å²) in [5.74, 6) is 1.29. The van der Waals surface area contributed by atoms with E-state index in [1.165, 1.54) is 23.1 Å². The van der Waals surface area contributed by atoms with Crippen LogP contribution < -0.4 is 5.32 Å². The number of hydrogen-bond acceptors (Lipinski definition) is 2. The summed E-state index contributed by atoms with van der Waals surface area (Å²) >= 11 is 0. The fourth-order valence-corrected chi connectivity index (χ4v) is 3.39. The number of imidazole rings is 1. The van der Waals surface area contributed by atoms with Gasteiger partial charge in [-0.25, -0.2) is 4.98 Å². The predicted octanol–water partition coefficient (Wildman–Crippen LogP) is 2.53. The van der Waals surface area contributed by atoms with Gasteiger partial charge < -0.3 is 10.3 Å². The fraction of sp³-hybridized carbons (Fsp3) is 0.400. The van der Waals surface area contributed by atoms with Crippen molar-refractivity contribution in [2.45, 2.75) is 19.3 Å². The fourth-order valence-electron chi connectivity index (χ4n) is 3.39. The molecule has 0 radical (unpaired) electrons. The highest BCUT2D eigenvalue weighted by atomic mass is 15.0. The van der Waals surface area contributed by atoms with Crippen LogP contribution in [0.25, 0.3) is 16.7 Å².